The van der Waals surface area contributed by atoms with E-state index in [2.05, 4.69) is 17.6 Å². The number of anilines is 1. The maximum Gasteiger partial charge on any atom is 0.319 e. The predicted octanol–water partition coefficient (Wildman–Crippen LogP) is 3.09. The number of amides is 3. The molecule has 2 rings (SSSR count). The van der Waals surface area contributed by atoms with Crippen LogP contribution in [0.1, 0.15) is 44.0 Å². The van der Waals surface area contributed by atoms with Gasteiger partial charge in [0.25, 0.3) is 5.91 Å². The first-order valence-corrected chi connectivity index (χ1v) is 7.92. The van der Waals surface area contributed by atoms with Crippen LogP contribution in [0, 0.1) is 5.92 Å². The van der Waals surface area contributed by atoms with E-state index in [1.807, 2.05) is 18.7 Å². The number of nitrogens with zero attached hydrogens (tertiary/aromatic N) is 1. The van der Waals surface area contributed by atoms with Crippen molar-refractivity contribution < 1.29 is 9.59 Å². The minimum absolute atomic E-state index is 0.0741. The van der Waals surface area contributed by atoms with Crippen LogP contribution in [0.25, 0.3) is 0 Å². The van der Waals surface area contributed by atoms with Crippen molar-refractivity contribution in [3.63, 3.8) is 0 Å². The lowest BCUT2D eigenvalue weighted by atomic mass is 9.98. The molecule has 0 saturated carbocycles. The molecule has 1 aliphatic rings. The van der Waals surface area contributed by atoms with Crippen molar-refractivity contribution in [1.82, 2.24) is 10.2 Å². The lowest BCUT2D eigenvalue weighted by Gasteiger charge is -2.30. The molecular formula is C17H25N3O2. The first-order chi connectivity index (χ1) is 10.5. The second-order valence-corrected chi connectivity index (χ2v) is 6.31. The quantitative estimate of drug-likeness (QED) is 0.901. The van der Waals surface area contributed by atoms with E-state index in [9.17, 15) is 9.59 Å². The van der Waals surface area contributed by atoms with Gasteiger partial charge in [-0.25, -0.2) is 4.79 Å². The summed E-state index contributed by atoms with van der Waals surface area (Å²) in [4.78, 5) is 25.9. The van der Waals surface area contributed by atoms with E-state index < -0.39 is 0 Å². The minimum atomic E-state index is -0.237. The van der Waals surface area contributed by atoms with Gasteiger partial charge in [0.15, 0.2) is 0 Å². The average Bonchev–Trinajstić information content (AvgIpc) is 2.47. The van der Waals surface area contributed by atoms with Gasteiger partial charge >= 0.3 is 6.03 Å². The molecule has 1 aromatic rings. The Morgan fingerprint density at radius 2 is 1.73 bits per heavy atom. The van der Waals surface area contributed by atoms with Crippen molar-refractivity contribution in [3.05, 3.63) is 29.8 Å². The van der Waals surface area contributed by atoms with Gasteiger partial charge in [0, 0.05) is 30.4 Å². The van der Waals surface area contributed by atoms with Crippen LogP contribution >= 0.6 is 0 Å². The van der Waals surface area contributed by atoms with E-state index in [4.69, 9.17) is 0 Å². The van der Waals surface area contributed by atoms with Gasteiger partial charge in [-0.15, -0.1) is 0 Å². The van der Waals surface area contributed by atoms with Crippen molar-refractivity contribution in [2.24, 2.45) is 5.92 Å². The Kier molecular flexibility index (Phi) is 5.41. The number of hydrogen-bond donors (Lipinski definition) is 2. The summed E-state index contributed by atoms with van der Waals surface area (Å²) >= 11 is 0. The number of likely N-dealkylation sites (tertiary alicyclic amines) is 1. The van der Waals surface area contributed by atoms with Crippen LogP contribution in [0.15, 0.2) is 24.3 Å². The van der Waals surface area contributed by atoms with Crippen LogP contribution in [-0.4, -0.2) is 36.0 Å². The molecular weight excluding hydrogens is 278 g/mol. The molecule has 1 aromatic carbocycles. The summed E-state index contributed by atoms with van der Waals surface area (Å²) in [7, 11) is 0. The van der Waals surface area contributed by atoms with E-state index >= 15 is 0 Å². The Balaban J connectivity index is 1.93. The van der Waals surface area contributed by atoms with Gasteiger partial charge in [0.2, 0.25) is 0 Å². The molecule has 1 aliphatic heterocycles. The Labute approximate surface area is 132 Å². The van der Waals surface area contributed by atoms with Crippen molar-refractivity contribution in [2.45, 2.75) is 39.7 Å². The molecule has 5 nitrogen and oxygen atoms in total. The smallest absolute Gasteiger partial charge is 0.319 e. The monoisotopic (exact) mass is 303 g/mol. The second-order valence-electron chi connectivity index (χ2n) is 6.31. The van der Waals surface area contributed by atoms with Crippen LogP contribution in [0.5, 0.6) is 0 Å². The number of piperidine rings is 1. The molecule has 1 fully saturated rings. The molecule has 0 atom stereocenters. The molecule has 0 unspecified atom stereocenters. The molecule has 1 heterocycles. The standard InChI is InChI=1S/C17H25N3O2/c1-12(2)18-17(22)19-15-6-4-14(5-7-15)16(21)20-10-8-13(3)9-11-20/h4-7,12-13H,8-11H2,1-3H3,(H2,18,19,22). The zero-order chi connectivity index (χ0) is 16.1. The van der Waals surface area contributed by atoms with Crippen LogP contribution in [0.3, 0.4) is 0 Å². The van der Waals surface area contributed by atoms with Crippen LogP contribution in [0.4, 0.5) is 10.5 Å². The van der Waals surface area contributed by atoms with Gasteiger partial charge < -0.3 is 15.5 Å². The first-order valence-electron chi connectivity index (χ1n) is 7.92. The summed E-state index contributed by atoms with van der Waals surface area (Å²) in [5.74, 6) is 0.778. The van der Waals surface area contributed by atoms with E-state index in [0.29, 0.717) is 17.2 Å². The molecule has 2 N–H and O–H groups in total. The van der Waals surface area contributed by atoms with E-state index in [1.54, 1.807) is 24.3 Å². The maximum atomic E-state index is 12.4. The highest BCUT2D eigenvalue weighted by atomic mass is 16.2. The predicted molar refractivity (Wildman–Crippen MR) is 88.0 cm³/mol. The van der Waals surface area contributed by atoms with Gasteiger partial charge in [0.05, 0.1) is 0 Å². The summed E-state index contributed by atoms with van der Waals surface area (Å²) < 4.78 is 0. The number of urea groups is 1. The fraction of sp³-hybridized carbons (Fsp3) is 0.529. The molecule has 120 valence electrons. The highest BCUT2D eigenvalue weighted by Gasteiger charge is 2.21. The third kappa shape index (κ3) is 4.48. The molecule has 0 radical (unpaired) electrons. The Bertz CT molecular complexity index is 517. The van der Waals surface area contributed by atoms with Crippen LogP contribution < -0.4 is 10.6 Å². The molecule has 5 heteroatoms. The number of rotatable bonds is 3. The zero-order valence-corrected chi connectivity index (χ0v) is 13.6. The number of hydrogen-bond acceptors (Lipinski definition) is 2. The first kappa shape index (κ1) is 16.3. The van der Waals surface area contributed by atoms with Gasteiger partial charge in [-0.2, -0.15) is 0 Å². The summed E-state index contributed by atoms with van der Waals surface area (Å²) in [6.45, 7) is 7.69. The van der Waals surface area contributed by atoms with E-state index in [0.717, 1.165) is 25.9 Å². The highest BCUT2D eigenvalue weighted by molar-refractivity contribution is 5.95. The van der Waals surface area contributed by atoms with E-state index in [1.165, 1.54) is 0 Å². The van der Waals surface area contributed by atoms with Crippen molar-refractivity contribution in [3.8, 4) is 0 Å². The molecule has 3 amide bonds. The lowest BCUT2D eigenvalue weighted by Crippen LogP contribution is -2.37. The molecule has 0 aromatic heterocycles. The number of carbonyl (C=O) groups is 2. The lowest BCUT2D eigenvalue weighted by molar-refractivity contribution is 0.0697. The highest BCUT2D eigenvalue weighted by Crippen LogP contribution is 2.19. The topological polar surface area (TPSA) is 61.4 Å². The van der Waals surface area contributed by atoms with Gasteiger partial charge in [-0.3, -0.25) is 4.79 Å². The van der Waals surface area contributed by atoms with Gasteiger partial charge in [-0.05, 0) is 56.9 Å². The fourth-order valence-electron chi connectivity index (χ4n) is 2.52. The maximum absolute atomic E-state index is 12.4. The second kappa shape index (κ2) is 7.29. The molecule has 0 aliphatic carbocycles. The van der Waals surface area contributed by atoms with Gasteiger partial charge in [0.1, 0.15) is 0 Å². The largest absolute Gasteiger partial charge is 0.339 e. The zero-order valence-electron chi connectivity index (χ0n) is 13.6. The third-order valence-corrected chi connectivity index (χ3v) is 3.88. The summed E-state index contributed by atoms with van der Waals surface area (Å²) in [5, 5.41) is 5.51. The average molecular weight is 303 g/mol. The number of benzene rings is 1. The minimum Gasteiger partial charge on any atom is -0.339 e. The Morgan fingerprint density at radius 1 is 1.14 bits per heavy atom. The van der Waals surface area contributed by atoms with Crippen molar-refractivity contribution >= 4 is 17.6 Å². The summed E-state index contributed by atoms with van der Waals surface area (Å²) in [6, 6.07) is 6.91. The summed E-state index contributed by atoms with van der Waals surface area (Å²) in [6.07, 6.45) is 2.14. The van der Waals surface area contributed by atoms with Crippen LogP contribution in [-0.2, 0) is 0 Å². The number of carbonyl (C=O) groups excluding carboxylic acids is 2. The van der Waals surface area contributed by atoms with E-state index in [-0.39, 0.29) is 18.0 Å². The summed E-state index contributed by atoms with van der Waals surface area (Å²) in [5.41, 5.74) is 1.35. The Morgan fingerprint density at radius 3 is 2.27 bits per heavy atom. The normalized spacial score (nSPS) is 15.7. The van der Waals surface area contributed by atoms with Crippen molar-refractivity contribution in [1.29, 1.82) is 0 Å². The number of nitrogens with one attached hydrogen (secondary N) is 2. The third-order valence-electron chi connectivity index (χ3n) is 3.88. The molecule has 0 bridgehead atoms. The Hall–Kier alpha value is -2.04. The van der Waals surface area contributed by atoms with Gasteiger partial charge in [-0.1, -0.05) is 6.92 Å². The fourth-order valence-corrected chi connectivity index (χ4v) is 2.52. The molecule has 22 heavy (non-hydrogen) atoms. The SMILES string of the molecule is CC1CCN(C(=O)c2ccc(NC(=O)NC(C)C)cc2)CC1. The van der Waals surface area contributed by atoms with Crippen LogP contribution in [0.2, 0.25) is 0 Å². The van der Waals surface area contributed by atoms with Crippen molar-refractivity contribution in [2.75, 3.05) is 18.4 Å². The molecule has 0 spiro atoms. The molecule has 1 saturated heterocycles.